The van der Waals surface area contributed by atoms with E-state index in [0.717, 1.165) is 17.9 Å². The summed E-state index contributed by atoms with van der Waals surface area (Å²) < 4.78 is 0. The van der Waals surface area contributed by atoms with Crippen LogP contribution < -0.4 is 0 Å². The van der Waals surface area contributed by atoms with E-state index in [4.69, 9.17) is 0 Å². The van der Waals surface area contributed by atoms with Gasteiger partial charge in [-0.3, -0.25) is 0 Å². The van der Waals surface area contributed by atoms with Crippen molar-refractivity contribution in [1.29, 1.82) is 0 Å². The van der Waals surface area contributed by atoms with E-state index in [1.807, 2.05) is 13.8 Å². The maximum Gasteiger partial charge on any atom is 0.00923 e. The molecule has 2 rings (SSSR count). The summed E-state index contributed by atoms with van der Waals surface area (Å²) in [6, 6.07) is 0.860. The molecule has 0 aromatic carbocycles. The van der Waals surface area contributed by atoms with Crippen molar-refractivity contribution in [2.45, 2.75) is 46.1 Å². The highest BCUT2D eigenvalue weighted by Gasteiger charge is 2.36. The van der Waals surface area contributed by atoms with E-state index in [1.54, 1.807) is 0 Å². The fourth-order valence-corrected chi connectivity index (χ4v) is 2.65. The summed E-state index contributed by atoms with van der Waals surface area (Å²) in [5.74, 6) is 2.08. The van der Waals surface area contributed by atoms with E-state index in [9.17, 15) is 0 Å². The average Bonchev–Trinajstić information content (AvgIpc) is 2.50. The summed E-state index contributed by atoms with van der Waals surface area (Å²) in [6.45, 7) is 7.74. The van der Waals surface area contributed by atoms with Gasteiger partial charge in [-0.25, -0.2) is 0 Å². The Labute approximate surface area is 77.1 Å². The largest absolute Gasteiger partial charge is 0.303 e. The minimum absolute atomic E-state index is 0.860. The third-order valence-electron chi connectivity index (χ3n) is 3.51. The minimum atomic E-state index is 0.860. The van der Waals surface area contributed by atoms with Crippen LogP contribution in [0.5, 0.6) is 0 Å². The van der Waals surface area contributed by atoms with Gasteiger partial charge in [0.15, 0.2) is 0 Å². The van der Waals surface area contributed by atoms with Gasteiger partial charge in [0.2, 0.25) is 0 Å². The predicted octanol–water partition coefficient (Wildman–Crippen LogP) is 2.76. The number of rotatable bonds is 0. The van der Waals surface area contributed by atoms with Crippen LogP contribution in [0.2, 0.25) is 0 Å². The van der Waals surface area contributed by atoms with Crippen LogP contribution in [0.25, 0.3) is 0 Å². The molecule has 0 aromatic heterocycles. The van der Waals surface area contributed by atoms with Crippen molar-refractivity contribution in [3.8, 4) is 0 Å². The molecule has 0 spiro atoms. The summed E-state index contributed by atoms with van der Waals surface area (Å²) in [5, 5.41) is 0. The first-order valence-electron chi connectivity index (χ1n) is 5.47. The van der Waals surface area contributed by atoms with Crippen LogP contribution in [-0.4, -0.2) is 24.5 Å². The van der Waals surface area contributed by atoms with Gasteiger partial charge >= 0.3 is 0 Å². The molecule has 1 saturated carbocycles. The third-order valence-corrected chi connectivity index (χ3v) is 3.51. The molecule has 3 atom stereocenters. The van der Waals surface area contributed by atoms with Crippen molar-refractivity contribution in [3.05, 3.63) is 0 Å². The Balaban J connectivity index is 0.000000336. The van der Waals surface area contributed by atoms with Crippen LogP contribution in [0.1, 0.15) is 40.0 Å². The lowest BCUT2D eigenvalue weighted by Gasteiger charge is -2.35. The molecule has 2 bridgehead atoms. The molecular formula is C11H23N. The molecule has 2 aliphatic rings. The van der Waals surface area contributed by atoms with Crippen LogP contribution in [0.3, 0.4) is 0 Å². The van der Waals surface area contributed by atoms with E-state index in [-0.39, 0.29) is 0 Å². The Morgan fingerprint density at radius 3 is 2.50 bits per heavy atom. The van der Waals surface area contributed by atoms with Gasteiger partial charge in [0, 0.05) is 12.6 Å². The molecule has 1 aliphatic heterocycles. The fraction of sp³-hybridized carbons (Fsp3) is 1.00. The van der Waals surface area contributed by atoms with Crippen LogP contribution >= 0.6 is 0 Å². The van der Waals surface area contributed by atoms with Crippen molar-refractivity contribution in [2.75, 3.05) is 13.6 Å². The van der Waals surface area contributed by atoms with Gasteiger partial charge in [0.1, 0.15) is 0 Å². The van der Waals surface area contributed by atoms with Gasteiger partial charge in [0.25, 0.3) is 0 Å². The second kappa shape index (κ2) is 4.27. The Kier molecular flexibility index (Phi) is 3.57. The van der Waals surface area contributed by atoms with E-state index in [2.05, 4.69) is 18.9 Å². The van der Waals surface area contributed by atoms with Crippen LogP contribution in [-0.2, 0) is 0 Å². The van der Waals surface area contributed by atoms with Crippen LogP contribution in [0.15, 0.2) is 0 Å². The number of hydrogen-bond donors (Lipinski definition) is 0. The monoisotopic (exact) mass is 169 g/mol. The first-order valence-corrected chi connectivity index (χ1v) is 5.47. The molecule has 72 valence electrons. The lowest BCUT2D eigenvalue weighted by molar-refractivity contribution is 0.133. The van der Waals surface area contributed by atoms with Crippen LogP contribution in [0.4, 0.5) is 0 Å². The van der Waals surface area contributed by atoms with Crippen molar-refractivity contribution >= 4 is 0 Å². The maximum absolute atomic E-state index is 2.53. The maximum atomic E-state index is 2.53. The van der Waals surface area contributed by atoms with Crippen molar-refractivity contribution in [3.63, 3.8) is 0 Å². The van der Waals surface area contributed by atoms with Crippen molar-refractivity contribution < 1.29 is 0 Å². The Morgan fingerprint density at radius 1 is 1.17 bits per heavy atom. The molecule has 3 unspecified atom stereocenters. The molecule has 1 heterocycles. The molecule has 1 heteroatoms. The average molecular weight is 169 g/mol. The van der Waals surface area contributed by atoms with E-state index in [1.165, 1.54) is 25.8 Å². The predicted molar refractivity (Wildman–Crippen MR) is 54.3 cm³/mol. The summed E-state index contributed by atoms with van der Waals surface area (Å²) in [6.07, 6.45) is 4.51. The van der Waals surface area contributed by atoms with Crippen LogP contribution in [0, 0.1) is 11.8 Å². The topological polar surface area (TPSA) is 3.24 Å². The molecule has 1 saturated heterocycles. The number of hydrogen-bond acceptors (Lipinski definition) is 1. The van der Waals surface area contributed by atoms with Gasteiger partial charge in [-0.1, -0.05) is 13.8 Å². The van der Waals surface area contributed by atoms with Gasteiger partial charge in [-0.05, 0) is 45.1 Å². The molecule has 1 nitrogen and oxygen atoms in total. The zero-order chi connectivity index (χ0) is 9.14. The van der Waals surface area contributed by atoms with E-state index in [0.29, 0.717) is 0 Å². The molecule has 0 aromatic rings. The second-order valence-electron chi connectivity index (χ2n) is 4.12. The number of fused-ring (bicyclic) bond motifs is 2. The summed E-state index contributed by atoms with van der Waals surface area (Å²) in [4.78, 5) is 2.53. The molecule has 1 aliphatic carbocycles. The highest BCUT2D eigenvalue weighted by atomic mass is 15.1. The smallest absolute Gasteiger partial charge is 0.00923 e. The van der Waals surface area contributed by atoms with Gasteiger partial charge in [-0.15, -0.1) is 0 Å². The number of likely N-dealkylation sites (tertiary alicyclic amines) is 1. The van der Waals surface area contributed by atoms with E-state index >= 15 is 0 Å². The molecule has 2 fully saturated rings. The Morgan fingerprint density at radius 2 is 1.83 bits per heavy atom. The standard InChI is InChI=1S/C9H17N.C2H6/c1-7-9-4-3-8(5-9)6-10(7)2;1-2/h7-9H,3-6H2,1-2H3;1-2H3. The first-order chi connectivity index (χ1) is 5.77. The first kappa shape index (κ1) is 10.0. The molecular weight excluding hydrogens is 146 g/mol. The molecule has 0 N–H and O–H groups in total. The molecule has 12 heavy (non-hydrogen) atoms. The summed E-state index contributed by atoms with van der Waals surface area (Å²) >= 11 is 0. The van der Waals surface area contributed by atoms with Gasteiger partial charge in [-0.2, -0.15) is 0 Å². The fourth-order valence-electron chi connectivity index (χ4n) is 2.65. The summed E-state index contributed by atoms with van der Waals surface area (Å²) in [7, 11) is 2.27. The molecule has 0 amide bonds. The molecule has 0 radical (unpaired) electrons. The zero-order valence-corrected chi connectivity index (χ0v) is 9.01. The number of piperidine rings is 1. The Hall–Kier alpha value is -0.0400. The number of nitrogens with zero attached hydrogens (tertiary/aromatic N) is 1. The second-order valence-corrected chi connectivity index (χ2v) is 4.12. The SMILES string of the molecule is CC.CC1C2CCC(C2)CN1C. The normalized spacial score (nSPS) is 40.5. The lowest BCUT2D eigenvalue weighted by atomic mass is 9.92. The third kappa shape index (κ3) is 1.82. The quantitative estimate of drug-likeness (QED) is 0.539. The minimum Gasteiger partial charge on any atom is -0.303 e. The van der Waals surface area contributed by atoms with Gasteiger partial charge < -0.3 is 4.90 Å². The highest BCUT2D eigenvalue weighted by molar-refractivity contribution is 4.89. The zero-order valence-electron chi connectivity index (χ0n) is 9.01. The lowest BCUT2D eigenvalue weighted by Crippen LogP contribution is -2.40. The van der Waals surface area contributed by atoms with E-state index < -0.39 is 0 Å². The Bertz CT molecular complexity index is 133. The highest BCUT2D eigenvalue weighted by Crippen LogP contribution is 2.39. The summed E-state index contributed by atoms with van der Waals surface area (Å²) in [5.41, 5.74) is 0. The van der Waals surface area contributed by atoms with Crippen molar-refractivity contribution in [2.24, 2.45) is 11.8 Å². The van der Waals surface area contributed by atoms with Crippen molar-refractivity contribution in [1.82, 2.24) is 4.90 Å². The van der Waals surface area contributed by atoms with Gasteiger partial charge in [0.05, 0.1) is 0 Å².